The highest BCUT2D eigenvalue weighted by atomic mass is 16.9. The maximum atomic E-state index is 11.8. The normalized spacial score (nSPS) is 40.4. The minimum Gasteiger partial charge on any atom is -0.461 e. The Morgan fingerprint density at radius 3 is 2.24 bits per heavy atom. The SMILES string of the molecule is CC(=O)OC[C@@]1(OC(C)=O)[C@H]2OC(C)(C)O[C@H]2OC12C[C@H]2OC(C)=O. The molecule has 0 N–H and O–H groups in total. The van der Waals surface area contributed by atoms with Crippen molar-refractivity contribution in [2.75, 3.05) is 6.61 Å². The van der Waals surface area contributed by atoms with Gasteiger partial charge in [-0.05, 0) is 13.8 Å². The Hall–Kier alpha value is -1.71. The van der Waals surface area contributed by atoms with Crippen LogP contribution in [0.5, 0.6) is 0 Å². The van der Waals surface area contributed by atoms with Gasteiger partial charge in [-0.2, -0.15) is 0 Å². The predicted molar refractivity (Wildman–Crippen MR) is 78.9 cm³/mol. The molecule has 1 saturated carbocycles. The third-order valence-electron chi connectivity index (χ3n) is 4.53. The highest BCUT2D eigenvalue weighted by molar-refractivity contribution is 5.69. The summed E-state index contributed by atoms with van der Waals surface area (Å²) in [7, 11) is 0. The lowest BCUT2D eigenvalue weighted by Crippen LogP contribution is -2.58. The molecule has 2 saturated heterocycles. The fourth-order valence-corrected chi connectivity index (χ4v) is 3.65. The van der Waals surface area contributed by atoms with Gasteiger partial charge in [0.05, 0.1) is 0 Å². The van der Waals surface area contributed by atoms with E-state index in [1.807, 2.05) is 0 Å². The molecule has 9 nitrogen and oxygen atoms in total. The third-order valence-corrected chi connectivity index (χ3v) is 4.53. The molecule has 0 aromatic rings. The number of hydrogen-bond acceptors (Lipinski definition) is 9. The van der Waals surface area contributed by atoms with E-state index in [1.54, 1.807) is 13.8 Å². The van der Waals surface area contributed by atoms with Gasteiger partial charge >= 0.3 is 17.9 Å². The van der Waals surface area contributed by atoms with Gasteiger partial charge in [0.15, 0.2) is 23.8 Å². The standard InChI is InChI=1S/C16H22O9/c1-8(17)20-7-16(22-10(3)19)12-13(24-14(4,5)23-12)25-15(16)6-11(15)21-9(2)18/h11-13H,6-7H2,1-5H3/t11-,12+,13+,15?,16-/m1/s1. The van der Waals surface area contributed by atoms with Crippen LogP contribution in [0.2, 0.25) is 0 Å². The van der Waals surface area contributed by atoms with E-state index in [0.717, 1.165) is 0 Å². The Kier molecular flexibility index (Phi) is 4.09. The number of carbonyl (C=O) groups is 3. The molecule has 1 aliphatic carbocycles. The van der Waals surface area contributed by atoms with Crippen molar-refractivity contribution in [3.8, 4) is 0 Å². The maximum absolute atomic E-state index is 11.8. The van der Waals surface area contributed by atoms with Crippen LogP contribution >= 0.6 is 0 Å². The monoisotopic (exact) mass is 358 g/mol. The minimum absolute atomic E-state index is 0.279. The quantitative estimate of drug-likeness (QED) is 0.522. The zero-order valence-corrected chi connectivity index (χ0v) is 14.8. The Balaban J connectivity index is 1.98. The Morgan fingerprint density at radius 1 is 1.00 bits per heavy atom. The summed E-state index contributed by atoms with van der Waals surface area (Å²) in [5.74, 6) is -2.61. The molecule has 0 aromatic heterocycles. The van der Waals surface area contributed by atoms with Gasteiger partial charge in [0.1, 0.15) is 12.7 Å². The first-order chi connectivity index (χ1) is 11.5. The maximum Gasteiger partial charge on any atom is 0.303 e. The van der Waals surface area contributed by atoms with Crippen LogP contribution in [-0.2, 0) is 42.8 Å². The van der Waals surface area contributed by atoms with Crippen LogP contribution in [0.1, 0.15) is 41.0 Å². The first-order valence-corrected chi connectivity index (χ1v) is 8.05. The molecule has 0 amide bonds. The molecule has 3 fully saturated rings. The lowest BCUT2D eigenvalue weighted by molar-refractivity contribution is -0.253. The summed E-state index contributed by atoms with van der Waals surface area (Å²) in [5, 5.41) is 0. The molecule has 3 aliphatic rings. The molecule has 0 aromatic carbocycles. The average molecular weight is 358 g/mol. The van der Waals surface area contributed by atoms with E-state index in [9.17, 15) is 14.4 Å². The molecule has 9 heteroatoms. The summed E-state index contributed by atoms with van der Waals surface area (Å²) in [5.41, 5.74) is -2.64. The lowest BCUT2D eigenvalue weighted by atomic mass is 9.90. The predicted octanol–water partition coefficient (Wildman–Crippen LogP) is 0.433. The molecule has 2 aliphatic heterocycles. The van der Waals surface area contributed by atoms with E-state index in [1.165, 1.54) is 20.8 Å². The number of hydrogen-bond donors (Lipinski definition) is 0. The molecule has 0 bridgehead atoms. The summed E-state index contributed by atoms with van der Waals surface area (Å²) in [6.07, 6.45) is -2.04. The van der Waals surface area contributed by atoms with Gasteiger partial charge in [0.25, 0.3) is 0 Å². The van der Waals surface area contributed by atoms with Crippen LogP contribution in [0.25, 0.3) is 0 Å². The van der Waals surface area contributed by atoms with Gasteiger partial charge in [0.2, 0.25) is 5.60 Å². The molecular formula is C16H22O9. The van der Waals surface area contributed by atoms with Gasteiger partial charge < -0.3 is 28.4 Å². The van der Waals surface area contributed by atoms with E-state index >= 15 is 0 Å². The smallest absolute Gasteiger partial charge is 0.303 e. The van der Waals surface area contributed by atoms with Gasteiger partial charge in [-0.25, -0.2) is 0 Å². The second kappa shape index (κ2) is 5.65. The van der Waals surface area contributed by atoms with Crippen molar-refractivity contribution in [2.24, 2.45) is 0 Å². The fourth-order valence-electron chi connectivity index (χ4n) is 3.65. The van der Waals surface area contributed by atoms with Crippen LogP contribution in [0.3, 0.4) is 0 Å². The van der Waals surface area contributed by atoms with E-state index in [0.29, 0.717) is 0 Å². The summed E-state index contributed by atoms with van der Waals surface area (Å²) in [6.45, 7) is 6.86. The number of carbonyl (C=O) groups excluding carboxylic acids is 3. The topological polar surface area (TPSA) is 107 Å². The molecular weight excluding hydrogens is 336 g/mol. The number of esters is 3. The summed E-state index contributed by atoms with van der Waals surface area (Å²) in [6, 6.07) is 0. The van der Waals surface area contributed by atoms with Crippen molar-refractivity contribution < 1.29 is 42.8 Å². The van der Waals surface area contributed by atoms with E-state index in [4.69, 9.17) is 28.4 Å². The van der Waals surface area contributed by atoms with E-state index in [-0.39, 0.29) is 13.0 Å². The summed E-state index contributed by atoms with van der Waals surface area (Å²) in [4.78, 5) is 34.5. The summed E-state index contributed by atoms with van der Waals surface area (Å²) < 4.78 is 33.6. The molecule has 1 spiro atoms. The lowest BCUT2D eigenvalue weighted by Gasteiger charge is -2.37. The first kappa shape index (κ1) is 18.1. The first-order valence-electron chi connectivity index (χ1n) is 8.05. The molecule has 5 atom stereocenters. The minimum atomic E-state index is -1.47. The zero-order chi connectivity index (χ0) is 18.6. The molecule has 140 valence electrons. The molecule has 1 unspecified atom stereocenters. The van der Waals surface area contributed by atoms with Gasteiger partial charge in [0, 0.05) is 27.2 Å². The van der Waals surface area contributed by atoms with Crippen molar-refractivity contribution in [2.45, 2.75) is 76.5 Å². The second-order valence-electron chi connectivity index (χ2n) is 7.00. The third kappa shape index (κ3) is 2.90. The summed E-state index contributed by atoms with van der Waals surface area (Å²) >= 11 is 0. The number of ether oxygens (including phenoxy) is 6. The number of rotatable bonds is 4. The molecule has 2 heterocycles. The van der Waals surface area contributed by atoms with Gasteiger partial charge in [-0.1, -0.05) is 0 Å². The van der Waals surface area contributed by atoms with E-state index in [2.05, 4.69) is 0 Å². The Morgan fingerprint density at radius 2 is 1.68 bits per heavy atom. The van der Waals surface area contributed by atoms with Crippen LogP contribution in [-0.4, -0.2) is 60.0 Å². The highest BCUT2D eigenvalue weighted by Gasteiger charge is 2.84. The van der Waals surface area contributed by atoms with Crippen LogP contribution in [0.4, 0.5) is 0 Å². The molecule has 0 radical (unpaired) electrons. The fraction of sp³-hybridized carbons (Fsp3) is 0.812. The highest BCUT2D eigenvalue weighted by Crippen LogP contribution is 2.62. The largest absolute Gasteiger partial charge is 0.461 e. The Bertz CT molecular complexity index is 615. The van der Waals surface area contributed by atoms with Gasteiger partial charge in [-0.15, -0.1) is 0 Å². The molecule has 25 heavy (non-hydrogen) atoms. The van der Waals surface area contributed by atoms with Crippen molar-refractivity contribution in [1.82, 2.24) is 0 Å². The van der Waals surface area contributed by atoms with Crippen molar-refractivity contribution in [3.63, 3.8) is 0 Å². The van der Waals surface area contributed by atoms with Crippen molar-refractivity contribution >= 4 is 17.9 Å². The Labute approximate surface area is 144 Å². The van der Waals surface area contributed by atoms with Crippen LogP contribution in [0.15, 0.2) is 0 Å². The van der Waals surface area contributed by atoms with Crippen LogP contribution < -0.4 is 0 Å². The second-order valence-corrected chi connectivity index (χ2v) is 7.00. The van der Waals surface area contributed by atoms with E-state index < -0.39 is 53.4 Å². The van der Waals surface area contributed by atoms with Crippen molar-refractivity contribution in [1.29, 1.82) is 0 Å². The van der Waals surface area contributed by atoms with Crippen molar-refractivity contribution in [3.05, 3.63) is 0 Å². The average Bonchev–Trinajstić information content (AvgIpc) is 2.94. The molecule has 3 rings (SSSR count). The zero-order valence-electron chi connectivity index (χ0n) is 14.8. The van der Waals surface area contributed by atoms with Crippen LogP contribution in [0, 0.1) is 0 Å². The number of fused-ring (bicyclic) bond motifs is 1. The van der Waals surface area contributed by atoms with Gasteiger partial charge in [-0.3, -0.25) is 14.4 Å².